The molecular formula is C14H20F3NO2S. The third-order valence-corrected chi connectivity index (χ3v) is 4.75. The van der Waals surface area contributed by atoms with Crippen LogP contribution >= 0.6 is 0 Å². The van der Waals surface area contributed by atoms with E-state index in [1.54, 1.807) is 6.07 Å². The van der Waals surface area contributed by atoms with Crippen molar-refractivity contribution in [2.45, 2.75) is 49.6 Å². The van der Waals surface area contributed by atoms with Crippen molar-refractivity contribution in [3.05, 3.63) is 29.8 Å². The van der Waals surface area contributed by atoms with Crippen molar-refractivity contribution in [1.82, 2.24) is 5.32 Å². The highest BCUT2D eigenvalue weighted by atomic mass is 32.2. The molecule has 1 aromatic rings. The van der Waals surface area contributed by atoms with E-state index in [2.05, 4.69) is 5.32 Å². The van der Waals surface area contributed by atoms with E-state index in [9.17, 15) is 21.6 Å². The van der Waals surface area contributed by atoms with Crippen LogP contribution in [0.5, 0.6) is 0 Å². The van der Waals surface area contributed by atoms with Crippen molar-refractivity contribution >= 4 is 9.84 Å². The van der Waals surface area contributed by atoms with Crippen molar-refractivity contribution in [3.63, 3.8) is 0 Å². The van der Waals surface area contributed by atoms with E-state index < -0.39 is 20.2 Å². The second kappa shape index (κ2) is 7.26. The fourth-order valence-electron chi connectivity index (χ4n) is 2.24. The quantitative estimate of drug-likeness (QED) is 0.837. The van der Waals surface area contributed by atoms with Gasteiger partial charge in [0.15, 0.2) is 0 Å². The second-order valence-corrected chi connectivity index (χ2v) is 6.71. The van der Waals surface area contributed by atoms with Crippen molar-refractivity contribution in [1.29, 1.82) is 0 Å². The molecule has 0 aliphatic rings. The summed E-state index contributed by atoms with van der Waals surface area (Å²) in [6.07, 6.45) is 1.90. The Hall–Kier alpha value is -1.08. The van der Waals surface area contributed by atoms with E-state index in [1.165, 1.54) is 12.1 Å². The fraction of sp³-hybridized carbons (Fsp3) is 0.571. The third kappa shape index (κ3) is 4.44. The molecule has 0 fully saturated rings. The van der Waals surface area contributed by atoms with Gasteiger partial charge in [0.1, 0.15) is 0 Å². The maximum absolute atomic E-state index is 12.7. The molecule has 21 heavy (non-hydrogen) atoms. The number of alkyl halides is 3. The molecule has 1 rings (SSSR count). The molecule has 0 saturated carbocycles. The summed E-state index contributed by atoms with van der Waals surface area (Å²) in [6, 6.07) is 5.29. The van der Waals surface area contributed by atoms with Crippen LogP contribution in [0.4, 0.5) is 13.2 Å². The Morgan fingerprint density at radius 1 is 1.19 bits per heavy atom. The molecule has 1 unspecified atom stereocenters. The van der Waals surface area contributed by atoms with Gasteiger partial charge in [0, 0.05) is 6.04 Å². The van der Waals surface area contributed by atoms with Crippen LogP contribution in [0.2, 0.25) is 0 Å². The maximum Gasteiger partial charge on any atom is 0.501 e. The standard InChI is InChI=1S/C14H20F3NO2S/c1-3-7-12(18-4-2)10-11-8-5-6-9-13(11)21(19,20)14(15,16)17/h5-6,8-9,12,18H,3-4,7,10H2,1-2H3. The molecule has 0 aromatic heterocycles. The first-order valence-corrected chi connectivity index (χ1v) is 8.35. The maximum atomic E-state index is 12.7. The van der Waals surface area contributed by atoms with E-state index in [0.29, 0.717) is 6.54 Å². The van der Waals surface area contributed by atoms with E-state index in [-0.39, 0.29) is 18.0 Å². The average Bonchev–Trinajstić information content (AvgIpc) is 2.38. The molecule has 120 valence electrons. The van der Waals surface area contributed by atoms with Crippen LogP contribution in [0.15, 0.2) is 29.2 Å². The summed E-state index contributed by atoms with van der Waals surface area (Å²) < 4.78 is 61.4. The molecule has 3 nitrogen and oxygen atoms in total. The molecule has 0 heterocycles. The number of hydrogen-bond acceptors (Lipinski definition) is 3. The molecule has 0 aliphatic carbocycles. The van der Waals surface area contributed by atoms with Gasteiger partial charge >= 0.3 is 5.51 Å². The highest BCUT2D eigenvalue weighted by Crippen LogP contribution is 2.32. The Labute approximate surface area is 123 Å². The van der Waals surface area contributed by atoms with Crippen LogP contribution in [0.25, 0.3) is 0 Å². The van der Waals surface area contributed by atoms with Gasteiger partial charge < -0.3 is 5.32 Å². The Morgan fingerprint density at radius 3 is 2.33 bits per heavy atom. The summed E-state index contributed by atoms with van der Waals surface area (Å²) in [6.45, 7) is 4.56. The zero-order chi connectivity index (χ0) is 16.1. The minimum Gasteiger partial charge on any atom is -0.314 e. The Balaban J connectivity index is 3.16. The first kappa shape index (κ1) is 18.0. The van der Waals surface area contributed by atoms with Gasteiger partial charge in [0.2, 0.25) is 0 Å². The van der Waals surface area contributed by atoms with Gasteiger partial charge in [-0.1, -0.05) is 38.5 Å². The predicted molar refractivity (Wildman–Crippen MR) is 75.8 cm³/mol. The largest absolute Gasteiger partial charge is 0.501 e. The van der Waals surface area contributed by atoms with Crippen molar-refractivity contribution in [2.24, 2.45) is 0 Å². The molecule has 1 aromatic carbocycles. The zero-order valence-electron chi connectivity index (χ0n) is 12.1. The van der Waals surface area contributed by atoms with E-state index in [1.807, 2.05) is 13.8 Å². The summed E-state index contributed by atoms with van der Waals surface area (Å²) >= 11 is 0. The molecule has 0 aliphatic heterocycles. The molecule has 1 N–H and O–H groups in total. The predicted octanol–water partition coefficient (Wildman–Crippen LogP) is 3.30. The molecule has 7 heteroatoms. The summed E-state index contributed by atoms with van der Waals surface area (Å²) in [5.74, 6) is 0. The molecule has 0 amide bonds. The summed E-state index contributed by atoms with van der Waals surface area (Å²) in [5.41, 5.74) is -5.07. The number of nitrogens with one attached hydrogen (secondary N) is 1. The lowest BCUT2D eigenvalue weighted by molar-refractivity contribution is -0.0436. The molecular weight excluding hydrogens is 303 g/mol. The van der Waals surface area contributed by atoms with Gasteiger partial charge in [-0.05, 0) is 31.0 Å². The van der Waals surface area contributed by atoms with Crippen LogP contribution in [-0.4, -0.2) is 26.5 Å². The first-order chi connectivity index (χ1) is 9.74. The first-order valence-electron chi connectivity index (χ1n) is 6.86. The van der Waals surface area contributed by atoms with E-state index >= 15 is 0 Å². The molecule has 0 spiro atoms. The number of sulfone groups is 1. The molecule has 1 atom stereocenters. The van der Waals surface area contributed by atoms with Gasteiger partial charge in [0.25, 0.3) is 9.84 Å². The highest BCUT2D eigenvalue weighted by Gasteiger charge is 2.47. The lowest BCUT2D eigenvalue weighted by Gasteiger charge is -2.19. The smallest absolute Gasteiger partial charge is 0.314 e. The summed E-state index contributed by atoms with van der Waals surface area (Å²) in [4.78, 5) is -0.642. The van der Waals surface area contributed by atoms with E-state index in [4.69, 9.17) is 0 Å². The minimum absolute atomic E-state index is 0.0374. The van der Waals surface area contributed by atoms with E-state index in [0.717, 1.165) is 18.9 Å². The number of hydrogen-bond donors (Lipinski definition) is 1. The van der Waals surface area contributed by atoms with Crippen molar-refractivity contribution in [2.75, 3.05) is 6.54 Å². The summed E-state index contributed by atoms with van der Waals surface area (Å²) in [7, 11) is -5.31. The van der Waals surface area contributed by atoms with Gasteiger partial charge in [0.05, 0.1) is 4.90 Å². The lowest BCUT2D eigenvalue weighted by atomic mass is 10.0. The Morgan fingerprint density at radius 2 is 1.81 bits per heavy atom. The highest BCUT2D eigenvalue weighted by molar-refractivity contribution is 7.92. The average molecular weight is 323 g/mol. The van der Waals surface area contributed by atoms with Crippen LogP contribution < -0.4 is 5.32 Å². The van der Waals surface area contributed by atoms with Gasteiger partial charge in [-0.15, -0.1) is 0 Å². The molecule has 0 saturated heterocycles. The zero-order valence-corrected chi connectivity index (χ0v) is 12.9. The Kier molecular flexibility index (Phi) is 6.22. The van der Waals surface area contributed by atoms with Crippen LogP contribution in [0.3, 0.4) is 0 Å². The minimum atomic E-state index is -5.31. The third-order valence-electron chi connectivity index (χ3n) is 3.16. The topological polar surface area (TPSA) is 46.2 Å². The summed E-state index contributed by atoms with van der Waals surface area (Å²) in [5, 5.41) is 3.17. The van der Waals surface area contributed by atoms with Crippen LogP contribution in [-0.2, 0) is 16.3 Å². The normalized spacial score (nSPS) is 14.1. The molecule has 0 radical (unpaired) electrons. The number of benzene rings is 1. The van der Waals surface area contributed by atoms with Gasteiger partial charge in [-0.2, -0.15) is 13.2 Å². The van der Waals surface area contributed by atoms with Crippen molar-refractivity contribution < 1.29 is 21.6 Å². The fourth-order valence-corrected chi connectivity index (χ4v) is 3.24. The number of rotatable bonds is 7. The van der Waals surface area contributed by atoms with Crippen LogP contribution in [0, 0.1) is 0 Å². The van der Waals surface area contributed by atoms with Crippen molar-refractivity contribution in [3.8, 4) is 0 Å². The lowest BCUT2D eigenvalue weighted by Crippen LogP contribution is -2.32. The monoisotopic (exact) mass is 323 g/mol. The number of likely N-dealkylation sites (N-methyl/N-ethyl adjacent to an activating group) is 1. The number of halogens is 3. The Bertz CT molecular complexity index is 550. The second-order valence-electron chi connectivity index (χ2n) is 4.80. The SMILES string of the molecule is CCCC(Cc1ccccc1S(=O)(=O)C(F)(F)F)NCC. The van der Waals surface area contributed by atoms with Gasteiger partial charge in [-0.3, -0.25) is 0 Å². The molecule has 0 bridgehead atoms. The van der Waals surface area contributed by atoms with Crippen LogP contribution in [0.1, 0.15) is 32.3 Å². The van der Waals surface area contributed by atoms with Gasteiger partial charge in [-0.25, -0.2) is 8.42 Å².